The van der Waals surface area contributed by atoms with Gasteiger partial charge in [0.15, 0.2) is 0 Å². The van der Waals surface area contributed by atoms with Crippen LogP contribution >= 0.6 is 22.9 Å². The van der Waals surface area contributed by atoms with Gasteiger partial charge in [-0.1, -0.05) is 18.5 Å². The number of anilines is 1. The van der Waals surface area contributed by atoms with E-state index in [0.717, 1.165) is 17.2 Å². The summed E-state index contributed by atoms with van der Waals surface area (Å²) in [7, 11) is 0. The molecule has 0 spiro atoms. The van der Waals surface area contributed by atoms with Crippen molar-refractivity contribution in [2.45, 2.75) is 12.8 Å². The molecule has 0 amide bonds. The lowest BCUT2D eigenvalue weighted by Crippen LogP contribution is -2.09. The van der Waals surface area contributed by atoms with Crippen molar-refractivity contribution in [2.75, 3.05) is 11.9 Å². The van der Waals surface area contributed by atoms with Gasteiger partial charge in [0.1, 0.15) is 0 Å². The summed E-state index contributed by atoms with van der Waals surface area (Å²) in [5, 5.41) is 7.07. The topological polar surface area (TPSA) is 37.8 Å². The largest absolute Gasteiger partial charge is 0.383 e. The van der Waals surface area contributed by atoms with Gasteiger partial charge in [-0.15, -0.1) is 11.3 Å². The fraction of sp³-hybridized carbons (Fsp3) is 0.273. The Morgan fingerprint density at radius 3 is 3.06 bits per heavy atom. The number of hydrogen-bond donors (Lipinski definition) is 1. The fourth-order valence-corrected chi connectivity index (χ4v) is 2.23. The Hall–Kier alpha value is -1.13. The minimum absolute atomic E-state index is 0.379. The lowest BCUT2D eigenvalue weighted by atomic mass is 10.2. The molecule has 2 rings (SSSR count). The van der Waals surface area contributed by atoms with E-state index >= 15 is 0 Å². The van der Waals surface area contributed by atoms with Crippen LogP contribution in [0.5, 0.6) is 0 Å². The van der Waals surface area contributed by atoms with Crippen LogP contribution in [-0.4, -0.2) is 16.5 Å². The summed E-state index contributed by atoms with van der Waals surface area (Å²) in [5.74, 6) is 0.379. The van der Waals surface area contributed by atoms with E-state index in [9.17, 15) is 0 Å². The summed E-state index contributed by atoms with van der Waals surface area (Å²) in [5.41, 5.74) is 0.917. The zero-order chi connectivity index (χ0) is 11.4. The second kappa shape index (κ2) is 5.27. The van der Waals surface area contributed by atoms with E-state index in [2.05, 4.69) is 22.2 Å². The molecular weight excluding hydrogens is 242 g/mol. The summed E-state index contributed by atoms with van der Waals surface area (Å²) in [6.07, 6.45) is 5.19. The van der Waals surface area contributed by atoms with E-state index in [1.807, 2.05) is 17.6 Å². The zero-order valence-corrected chi connectivity index (χ0v) is 10.4. The van der Waals surface area contributed by atoms with Crippen molar-refractivity contribution in [3.8, 4) is 0 Å². The van der Waals surface area contributed by atoms with Crippen molar-refractivity contribution in [1.29, 1.82) is 0 Å². The minimum atomic E-state index is 0.379. The Kier molecular flexibility index (Phi) is 3.74. The molecule has 0 fully saturated rings. The Labute approximate surface area is 104 Å². The number of thiazole rings is 1. The Balaban J connectivity index is 1.95. The minimum Gasteiger partial charge on any atom is -0.383 e. The summed E-state index contributed by atoms with van der Waals surface area (Å²) in [4.78, 5) is 8.22. The number of pyridine rings is 1. The Morgan fingerprint density at radius 2 is 2.38 bits per heavy atom. The fourth-order valence-electron chi connectivity index (χ4n) is 1.35. The average molecular weight is 254 g/mol. The SMILES string of the molecule is CC(CNc1ccncc1Cl)c1nccs1. The molecular formula is C11H12ClN3S. The molecule has 1 unspecified atom stereocenters. The molecule has 0 radical (unpaired) electrons. The van der Waals surface area contributed by atoms with Crippen LogP contribution in [0, 0.1) is 0 Å². The van der Waals surface area contributed by atoms with Gasteiger partial charge in [-0.05, 0) is 6.07 Å². The van der Waals surface area contributed by atoms with E-state index in [0.29, 0.717) is 10.9 Å². The molecule has 0 saturated heterocycles. The number of nitrogens with one attached hydrogen (secondary N) is 1. The first kappa shape index (κ1) is 11.4. The quantitative estimate of drug-likeness (QED) is 0.908. The van der Waals surface area contributed by atoms with Crippen LogP contribution in [0.3, 0.4) is 0 Å². The second-order valence-corrected chi connectivity index (χ2v) is 4.84. The highest BCUT2D eigenvalue weighted by Gasteiger charge is 2.08. The van der Waals surface area contributed by atoms with Crippen molar-refractivity contribution in [3.05, 3.63) is 40.1 Å². The standard InChI is InChI=1S/C11H12ClN3S/c1-8(11-14-4-5-16-11)6-15-10-2-3-13-7-9(10)12/h2-5,7-8H,6H2,1H3,(H,13,15). The van der Waals surface area contributed by atoms with Gasteiger partial charge >= 0.3 is 0 Å². The van der Waals surface area contributed by atoms with Gasteiger partial charge in [-0.25, -0.2) is 4.98 Å². The van der Waals surface area contributed by atoms with E-state index < -0.39 is 0 Å². The van der Waals surface area contributed by atoms with Crippen molar-refractivity contribution in [1.82, 2.24) is 9.97 Å². The Bertz CT molecular complexity index is 444. The molecule has 0 aromatic carbocycles. The van der Waals surface area contributed by atoms with Crippen molar-refractivity contribution in [2.24, 2.45) is 0 Å². The normalized spacial score (nSPS) is 12.4. The maximum Gasteiger partial charge on any atom is 0.0970 e. The van der Waals surface area contributed by atoms with Gasteiger partial charge in [-0.3, -0.25) is 4.98 Å². The highest BCUT2D eigenvalue weighted by Crippen LogP contribution is 2.22. The number of aromatic nitrogens is 2. The molecule has 3 nitrogen and oxygen atoms in total. The van der Waals surface area contributed by atoms with Crippen molar-refractivity contribution >= 4 is 28.6 Å². The van der Waals surface area contributed by atoms with E-state index in [-0.39, 0.29) is 0 Å². The number of hydrogen-bond acceptors (Lipinski definition) is 4. The molecule has 0 aliphatic rings. The highest BCUT2D eigenvalue weighted by molar-refractivity contribution is 7.09. The third-order valence-corrected chi connectivity index (χ3v) is 3.55. The van der Waals surface area contributed by atoms with Crippen LogP contribution in [0.25, 0.3) is 0 Å². The lowest BCUT2D eigenvalue weighted by molar-refractivity contribution is 0.795. The van der Waals surface area contributed by atoms with Gasteiger partial charge in [0.2, 0.25) is 0 Å². The molecule has 84 valence electrons. The second-order valence-electron chi connectivity index (χ2n) is 3.51. The predicted octanol–water partition coefficient (Wildman–Crippen LogP) is 3.41. The van der Waals surface area contributed by atoms with Gasteiger partial charge in [-0.2, -0.15) is 0 Å². The molecule has 2 aromatic rings. The van der Waals surface area contributed by atoms with Crippen molar-refractivity contribution in [3.63, 3.8) is 0 Å². The van der Waals surface area contributed by atoms with E-state index in [4.69, 9.17) is 11.6 Å². The maximum atomic E-state index is 5.99. The van der Waals surface area contributed by atoms with Crippen LogP contribution in [0.15, 0.2) is 30.0 Å². The van der Waals surface area contributed by atoms with Crippen LogP contribution < -0.4 is 5.32 Å². The molecule has 1 N–H and O–H groups in total. The highest BCUT2D eigenvalue weighted by atomic mass is 35.5. The monoisotopic (exact) mass is 253 g/mol. The third kappa shape index (κ3) is 2.71. The summed E-state index contributed by atoms with van der Waals surface area (Å²) in [6.45, 7) is 2.96. The van der Waals surface area contributed by atoms with Crippen LogP contribution in [-0.2, 0) is 0 Å². The molecule has 1 atom stereocenters. The molecule has 16 heavy (non-hydrogen) atoms. The summed E-state index contributed by atoms with van der Waals surface area (Å²) >= 11 is 7.67. The van der Waals surface area contributed by atoms with Gasteiger partial charge in [0, 0.05) is 36.4 Å². The lowest BCUT2D eigenvalue weighted by Gasteiger charge is -2.11. The first-order valence-electron chi connectivity index (χ1n) is 5.00. The molecule has 2 heterocycles. The predicted molar refractivity (Wildman–Crippen MR) is 68.3 cm³/mol. The van der Waals surface area contributed by atoms with E-state index in [1.165, 1.54) is 0 Å². The summed E-state index contributed by atoms with van der Waals surface area (Å²) < 4.78 is 0. The zero-order valence-electron chi connectivity index (χ0n) is 8.85. The van der Waals surface area contributed by atoms with Crippen molar-refractivity contribution < 1.29 is 0 Å². The molecule has 0 aliphatic heterocycles. The van der Waals surface area contributed by atoms with Gasteiger partial charge in [0.25, 0.3) is 0 Å². The first-order chi connectivity index (χ1) is 7.77. The van der Waals surface area contributed by atoms with Crippen LogP contribution in [0.2, 0.25) is 5.02 Å². The van der Waals surface area contributed by atoms with E-state index in [1.54, 1.807) is 23.7 Å². The van der Waals surface area contributed by atoms with Crippen LogP contribution in [0.1, 0.15) is 17.8 Å². The van der Waals surface area contributed by atoms with Gasteiger partial charge in [0.05, 0.1) is 15.7 Å². The first-order valence-corrected chi connectivity index (χ1v) is 6.26. The summed E-state index contributed by atoms with van der Waals surface area (Å²) in [6, 6.07) is 1.87. The van der Waals surface area contributed by atoms with Crippen LogP contribution in [0.4, 0.5) is 5.69 Å². The number of rotatable bonds is 4. The smallest absolute Gasteiger partial charge is 0.0970 e. The molecule has 0 bridgehead atoms. The molecule has 2 aromatic heterocycles. The number of halogens is 1. The maximum absolute atomic E-state index is 5.99. The molecule has 5 heteroatoms. The third-order valence-electron chi connectivity index (χ3n) is 2.24. The van der Waals surface area contributed by atoms with Gasteiger partial charge < -0.3 is 5.32 Å². The molecule has 0 saturated carbocycles. The average Bonchev–Trinajstić information content (AvgIpc) is 2.81. The molecule has 0 aliphatic carbocycles. The number of nitrogens with zero attached hydrogens (tertiary/aromatic N) is 2. The Morgan fingerprint density at radius 1 is 1.50 bits per heavy atom.